The third-order valence-corrected chi connectivity index (χ3v) is 7.32. The lowest BCUT2D eigenvalue weighted by molar-refractivity contribution is 0.196. The minimum Gasteiger partial charge on any atom is -0.306 e. The summed E-state index contributed by atoms with van der Waals surface area (Å²) in [6.45, 7) is 3.07. The summed E-state index contributed by atoms with van der Waals surface area (Å²) in [6.07, 6.45) is 1.80. The minimum atomic E-state index is -3.33. The third-order valence-electron chi connectivity index (χ3n) is 3.61. The van der Waals surface area contributed by atoms with Gasteiger partial charge in [-0.05, 0) is 55.9 Å². The van der Waals surface area contributed by atoms with Gasteiger partial charge in [-0.15, -0.1) is 11.3 Å². The first kappa shape index (κ1) is 15.4. The molecule has 0 saturated carbocycles. The van der Waals surface area contributed by atoms with Gasteiger partial charge in [0.2, 0.25) is 10.0 Å². The third kappa shape index (κ3) is 3.21. The number of hydrogen-bond acceptors (Lipinski definition) is 4. The van der Waals surface area contributed by atoms with Gasteiger partial charge in [-0.25, -0.2) is 8.42 Å². The highest BCUT2D eigenvalue weighted by molar-refractivity contribution is 9.11. The molecule has 0 aromatic carbocycles. The fraction of sp³-hybridized carbons (Fsp3) is 0.667. The molecule has 1 aromatic heterocycles. The van der Waals surface area contributed by atoms with E-state index in [9.17, 15) is 8.42 Å². The van der Waals surface area contributed by atoms with Gasteiger partial charge in [0.25, 0.3) is 0 Å². The summed E-state index contributed by atoms with van der Waals surface area (Å²) in [6, 6.07) is 2.20. The van der Waals surface area contributed by atoms with Gasteiger partial charge >= 0.3 is 0 Å². The molecule has 0 unspecified atom stereocenters. The van der Waals surface area contributed by atoms with E-state index in [4.69, 9.17) is 0 Å². The molecule has 19 heavy (non-hydrogen) atoms. The highest BCUT2D eigenvalue weighted by Gasteiger charge is 2.31. The zero-order valence-corrected chi connectivity index (χ0v) is 14.6. The molecule has 0 spiro atoms. The van der Waals surface area contributed by atoms with E-state index in [0.717, 1.165) is 21.5 Å². The molecule has 1 aliphatic heterocycles. The van der Waals surface area contributed by atoms with Crippen molar-refractivity contribution in [3.05, 3.63) is 14.7 Å². The Morgan fingerprint density at radius 3 is 2.37 bits per heavy atom. The van der Waals surface area contributed by atoms with Gasteiger partial charge in [0.15, 0.2) is 0 Å². The Kier molecular flexibility index (Phi) is 4.72. The quantitative estimate of drug-likeness (QED) is 0.825. The van der Waals surface area contributed by atoms with Crippen molar-refractivity contribution < 1.29 is 8.42 Å². The average Bonchev–Trinajstić information content (AvgIpc) is 2.69. The maximum absolute atomic E-state index is 12.6. The number of aryl methyl sites for hydroxylation is 1. The van der Waals surface area contributed by atoms with Crippen LogP contribution < -0.4 is 0 Å². The van der Waals surface area contributed by atoms with Gasteiger partial charge in [-0.2, -0.15) is 4.31 Å². The number of piperidine rings is 1. The summed E-state index contributed by atoms with van der Waals surface area (Å²) >= 11 is 4.83. The molecule has 1 aromatic rings. The first-order valence-corrected chi connectivity index (χ1v) is 9.30. The van der Waals surface area contributed by atoms with E-state index >= 15 is 0 Å². The molecular weight excluding hydrogens is 348 g/mol. The van der Waals surface area contributed by atoms with Gasteiger partial charge < -0.3 is 4.90 Å². The number of nitrogens with zero attached hydrogens (tertiary/aromatic N) is 2. The van der Waals surface area contributed by atoms with E-state index in [-0.39, 0.29) is 0 Å². The zero-order valence-electron chi connectivity index (χ0n) is 11.4. The molecule has 0 aliphatic carbocycles. The molecule has 1 aliphatic rings. The molecule has 0 amide bonds. The summed E-state index contributed by atoms with van der Waals surface area (Å²) in [7, 11) is 0.775. The van der Waals surface area contributed by atoms with Crippen molar-refractivity contribution in [2.24, 2.45) is 0 Å². The second kappa shape index (κ2) is 5.81. The number of rotatable bonds is 3. The van der Waals surface area contributed by atoms with Gasteiger partial charge in [0.1, 0.15) is 0 Å². The number of sulfonamides is 1. The molecule has 4 nitrogen and oxygen atoms in total. The Morgan fingerprint density at radius 2 is 1.95 bits per heavy atom. The maximum atomic E-state index is 12.6. The van der Waals surface area contributed by atoms with Crippen LogP contribution in [0.4, 0.5) is 0 Å². The molecule has 0 atom stereocenters. The molecule has 108 valence electrons. The van der Waals surface area contributed by atoms with E-state index < -0.39 is 10.0 Å². The summed E-state index contributed by atoms with van der Waals surface area (Å²) in [4.78, 5) is 3.48. The predicted molar refractivity (Wildman–Crippen MR) is 82.2 cm³/mol. The first-order chi connectivity index (χ1) is 8.82. The Morgan fingerprint density at radius 1 is 1.37 bits per heavy atom. The molecule has 2 rings (SSSR count). The maximum Gasteiger partial charge on any atom is 0.244 e. The van der Waals surface area contributed by atoms with Crippen molar-refractivity contribution in [2.45, 2.75) is 30.7 Å². The van der Waals surface area contributed by atoms with Crippen molar-refractivity contribution in [3.63, 3.8) is 0 Å². The lowest BCUT2D eigenvalue weighted by Crippen LogP contribution is -2.44. The summed E-state index contributed by atoms with van der Waals surface area (Å²) in [5.74, 6) is 0. The molecule has 2 heterocycles. The lowest BCUT2D eigenvalue weighted by atomic mass is 10.1. The number of thiophene rings is 1. The van der Waals surface area contributed by atoms with Crippen LogP contribution >= 0.6 is 27.3 Å². The predicted octanol–water partition coefficient (Wildman–Crippen LogP) is 2.53. The standard InChI is InChI=1S/C12H19BrN2O2S2/c1-9-11(8-12(13)18-9)19(16,17)15-6-4-10(5-7-15)14(2)3/h8,10H,4-7H2,1-3H3. The summed E-state index contributed by atoms with van der Waals surface area (Å²) < 4.78 is 27.7. The molecule has 0 radical (unpaired) electrons. The molecule has 0 bridgehead atoms. The van der Waals surface area contributed by atoms with Crippen molar-refractivity contribution in [1.29, 1.82) is 0 Å². The fourth-order valence-corrected chi connectivity index (χ4v) is 6.28. The highest BCUT2D eigenvalue weighted by Crippen LogP contribution is 2.32. The van der Waals surface area contributed by atoms with E-state index in [1.807, 2.05) is 6.92 Å². The highest BCUT2D eigenvalue weighted by atomic mass is 79.9. The van der Waals surface area contributed by atoms with E-state index in [1.165, 1.54) is 11.3 Å². The largest absolute Gasteiger partial charge is 0.306 e. The van der Waals surface area contributed by atoms with Crippen molar-refractivity contribution in [1.82, 2.24) is 9.21 Å². The van der Waals surface area contributed by atoms with Crippen LogP contribution in [0.25, 0.3) is 0 Å². The Balaban J connectivity index is 2.16. The fourth-order valence-electron chi connectivity index (χ4n) is 2.42. The van der Waals surface area contributed by atoms with Crippen LogP contribution in [0.3, 0.4) is 0 Å². The second-order valence-corrected chi connectivity index (χ2v) is 9.61. The van der Waals surface area contributed by atoms with E-state index in [1.54, 1.807) is 10.4 Å². The Bertz CT molecular complexity index is 546. The van der Waals surface area contributed by atoms with Crippen LogP contribution in [0, 0.1) is 6.92 Å². The van der Waals surface area contributed by atoms with Gasteiger partial charge in [0.05, 0.1) is 8.68 Å². The number of hydrogen-bond donors (Lipinski definition) is 0. The minimum absolute atomic E-state index is 0.452. The van der Waals surface area contributed by atoms with Crippen LogP contribution in [0.5, 0.6) is 0 Å². The van der Waals surface area contributed by atoms with Crippen molar-refractivity contribution in [2.75, 3.05) is 27.2 Å². The first-order valence-electron chi connectivity index (χ1n) is 6.25. The monoisotopic (exact) mass is 366 g/mol. The molecule has 1 fully saturated rings. The van der Waals surface area contributed by atoms with Crippen LogP contribution in [-0.4, -0.2) is 50.8 Å². The van der Waals surface area contributed by atoms with Crippen LogP contribution in [-0.2, 0) is 10.0 Å². The molecule has 1 saturated heterocycles. The molecule has 7 heteroatoms. The second-order valence-electron chi connectivity index (χ2n) is 5.07. The normalized spacial score (nSPS) is 19.2. The average molecular weight is 367 g/mol. The molecular formula is C12H19BrN2O2S2. The topological polar surface area (TPSA) is 40.6 Å². The van der Waals surface area contributed by atoms with Crippen LogP contribution in [0.1, 0.15) is 17.7 Å². The summed E-state index contributed by atoms with van der Waals surface area (Å²) in [5, 5.41) is 0. The summed E-state index contributed by atoms with van der Waals surface area (Å²) in [5.41, 5.74) is 0. The van der Waals surface area contributed by atoms with E-state index in [0.29, 0.717) is 24.0 Å². The van der Waals surface area contributed by atoms with Crippen LogP contribution in [0.15, 0.2) is 14.7 Å². The Labute approximate surface area is 127 Å². The van der Waals surface area contributed by atoms with Gasteiger partial charge in [-0.1, -0.05) is 0 Å². The SMILES string of the molecule is Cc1sc(Br)cc1S(=O)(=O)N1CCC(N(C)C)CC1. The zero-order chi connectivity index (χ0) is 14.2. The van der Waals surface area contributed by atoms with Gasteiger partial charge in [0, 0.05) is 24.0 Å². The van der Waals surface area contributed by atoms with Crippen LogP contribution in [0.2, 0.25) is 0 Å². The van der Waals surface area contributed by atoms with Gasteiger partial charge in [-0.3, -0.25) is 0 Å². The smallest absolute Gasteiger partial charge is 0.244 e. The Hall–Kier alpha value is 0.0500. The van der Waals surface area contributed by atoms with Crippen molar-refractivity contribution >= 4 is 37.3 Å². The van der Waals surface area contributed by atoms with E-state index in [2.05, 4.69) is 34.9 Å². The molecule has 0 N–H and O–H groups in total. The number of halogens is 1. The van der Waals surface area contributed by atoms with Crippen molar-refractivity contribution in [3.8, 4) is 0 Å². The lowest BCUT2D eigenvalue weighted by Gasteiger charge is -2.34.